The van der Waals surface area contributed by atoms with Gasteiger partial charge in [0, 0.05) is 5.56 Å². The first-order valence-corrected chi connectivity index (χ1v) is 8.49. The molecule has 0 bridgehead atoms. The van der Waals surface area contributed by atoms with Gasteiger partial charge >= 0.3 is 5.97 Å². The lowest BCUT2D eigenvalue weighted by atomic mass is 10.00. The summed E-state index contributed by atoms with van der Waals surface area (Å²) in [6.45, 7) is 2.01. The van der Waals surface area contributed by atoms with Gasteiger partial charge in [0.1, 0.15) is 18.2 Å². The summed E-state index contributed by atoms with van der Waals surface area (Å²) in [5.41, 5.74) is 2.55. The van der Waals surface area contributed by atoms with E-state index in [9.17, 15) is 9.18 Å². The highest BCUT2D eigenvalue weighted by Gasteiger charge is 2.23. The number of hydrogen-bond acceptors (Lipinski definition) is 4. The Morgan fingerprint density at radius 1 is 1.07 bits per heavy atom. The number of rotatable bonds is 4. The Bertz CT molecular complexity index is 1080. The van der Waals surface area contributed by atoms with Gasteiger partial charge in [-0.1, -0.05) is 47.6 Å². The molecule has 0 aliphatic carbocycles. The minimum atomic E-state index is -0.482. The van der Waals surface area contributed by atoms with E-state index in [1.807, 2.05) is 36.4 Å². The molecule has 27 heavy (non-hydrogen) atoms. The normalized spacial score (nSPS) is 15.1. The van der Waals surface area contributed by atoms with Gasteiger partial charge in [0.15, 0.2) is 0 Å². The smallest absolute Gasteiger partial charge is 0.367 e. The summed E-state index contributed by atoms with van der Waals surface area (Å²) in [6, 6.07) is 17.8. The van der Waals surface area contributed by atoms with E-state index in [1.54, 1.807) is 25.1 Å². The number of carbonyl (C=O) groups is 1. The number of hydrogen-bond donors (Lipinski definition) is 0. The molecule has 1 aliphatic heterocycles. The Morgan fingerprint density at radius 2 is 1.85 bits per heavy atom. The van der Waals surface area contributed by atoms with Crippen molar-refractivity contribution in [2.24, 2.45) is 5.16 Å². The molecule has 5 heteroatoms. The average molecular weight is 361 g/mol. The fourth-order valence-corrected chi connectivity index (χ4v) is 2.96. The van der Waals surface area contributed by atoms with Gasteiger partial charge in [0.25, 0.3) is 0 Å². The molecule has 0 fully saturated rings. The van der Waals surface area contributed by atoms with Gasteiger partial charge in [-0.3, -0.25) is 0 Å². The van der Waals surface area contributed by atoms with Crippen molar-refractivity contribution in [3.63, 3.8) is 0 Å². The van der Waals surface area contributed by atoms with E-state index in [-0.39, 0.29) is 12.4 Å². The topological polar surface area (TPSA) is 47.9 Å². The minimum absolute atomic E-state index is 0.284. The zero-order valence-corrected chi connectivity index (χ0v) is 14.6. The molecule has 0 aromatic heterocycles. The maximum absolute atomic E-state index is 13.1. The second-order valence-corrected chi connectivity index (χ2v) is 6.23. The zero-order valence-electron chi connectivity index (χ0n) is 14.6. The molecular formula is C22H16FNO3. The van der Waals surface area contributed by atoms with E-state index in [1.165, 1.54) is 12.1 Å². The van der Waals surface area contributed by atoms with Crippen LogP contribution in [-0.4, -0.2) is 11.7 Å². The van der Waals surface area contributed by atoms with Crippen LogP contribution in [0.25, 0.3) is 16.8 Å². The number of halogens is 1. The van der Waals surface area contributed by atoms with Crippen LogP contribution in [0.3, 0.4) is 0 Å². The summed E-state index contributed by atoms with van der Waals surface area (Å²) >= 11 is 0. The van der Waals surface area contributed by atoms with Crippen LogP contribution >= 0.6 is 0 Å². The lowest BCUT2D eigenvalue weighted by Gasteiger charge is -2.13. The molecule has 4 rings (SSSR count). The highest BCUT2D eigenvalue weighted by atomic mass is 19.1. The molecule has 4 nitrogen and oxygen atoms in total. The fraction of sp³-hybridized carbons (Fsp3) is 0.0909. The standard InChI is InChI=1S/C22H16FNO3/c1-14-19(22(25)27-24-14)12-20-18-5-3-2-4-16(18)8-11-21(20)26-13-15-6-9-17(23)10-7-15/h2-12H,13H2,1H3/b19-12+. The Balaban J connectivity index is 1.76. The largest absolute Gasteiger partial charge is 0.488 e. The molecule has 1 aliphatic rings. The molecule has 0 unspecified atom stereocenters. The number of oxime groups is 1. The fourth-order valence-electron chi connectivity index (χ4n) is 2.96. The van der Waals surface area contributed by atoms with E-state index in [0.717, 1.165) is 21.9 Å². The Morgan fingerprint density at radius 3 is 2.59 bits per heavy atom. The van der Waals surface area contributed by atoms with E-state index in [0.29, 0.717) is 17.0 Å². The van der Waals surface area contributed by atoms with Gasteiger partial charge in [-0.25, -0.2) is 9.18 Å². The van der Waals surface area contributed by atoms with E-state index in [4.69, 9.17) is 9.57 Å². The molecule has 134 valence electrons. The molecule has 0 radical (unpaired) electrons. The predicted molar refractivity (Wildman–Crippen MR) is 102 cm³/mol. The monoisotopic (exact) mass is 361 g/mol. The van der Waals surface area contributed by atoms with Crippen LogP contribution in [0.5, 0.6) is 5.75 Å². The van der Waals surface area contributed by atoms with Crippen LogP contribution in [0, 0.1) is 5.82 Å². The van der Waals surface area contributed by atoms with Crippen LogP contribution in [0.4, 0.5) is 4.39 Å². The summed E-state index contributed by atoms with van der Waals surface area (Å²) < 4.78 is 19.1. The molecule has 0 atom stereocenters. The lowest BCUT2D eigenvalue weighted by Crippen LogP contribution is -2.03. The summed E-state index contributed by atoms with van der Waals surface area (Å²) in [7, 11) is 0. The van der Waals surface area contributed by atoms with Crippen LogP contribution in [0.15, 0.2) is 71.4 Å². The van der Waals surface area contributed by atoms with E-state index in [2.05, 4.69) is 5.16 Å². The van der Waals surface area contributed by atoms with Crippen LogP contribution in [0.2, 0.25) is 0 Å². The first-order chi connectivity index (χ1) is 13.1. The van der Waals surface area contributed by atoms with Gasteiger partial charge in [-0.15, -0.1) is 0 Å². The van der Waals surface area contributed by atoms with Crippen molar-refractivity contribution in [1.82, 2.24) is 0 Å². The summed E-state index contributed by atoms with van der Waals surface area (Å²) in [6.07, 6.45) is 1.75. The van der Waals surface area contributed by atoms with Crippen molar-refractivity contribution in [2.45, 2.75) is 13.5 Å². The van der Waals surface area contributed by atoms with Crippen LogP contribution in [0.1, 0.15) is 18.1 Å². The zero-order chi connectivity index (χ0) is 18.8. The quantitative estimate of drug-likeness (QED) is 0.492. The van der Waals surface area contributed by atoms with Gasteiger partial charge in [0.05, 0.1) is 11.3 Å². The molecule has 3 aromatic rings. The third-order valence-electron chi connectivity index (χ3n) is 4.40. The molecule has 0 saturated heterocycles. The van der Waals surface area contributed by atoms with Gasteiger partial charge in [-0.05, 0) is 47.5 Å². The lowest BCUT2D eigenvalue weighted by molar-refractivity contribution is -0.136. The number of benzene rings is 3. The first-order valence-electron chi connectivity index (χ1n) is 8.49. The highest BCUT2D eigenvalue weighted by molar-refractivity contribution is 6.25. The van der Waals surface area contributed by atoms with Crippen molar-refractivity contribution in [3.8, 4) is 5.75 Å². The predicted octanol–water partition coefficient (Wildman–Crippen LogP) is 4.87. The van der Waals surface area contributed by atoms with E-state index >= 15 is 0 Å². The third kappa shape index (κ3) is 3.44. The number of nitrogens with zero attached hydrogens (tertiary/aromatic N) is 1. The second kappa shape index (κ2) is 7.03. The van der Waals surface area contributed by atoms with Gasteiger partial charge in [0.2, 0.25) is 0 Å². The molecule has 0 amide bonds. The summed E-state index contributed by atoms with van der Waals surface area (Å²) in [5, 5.41) is 5.71. The second-order valence-electron chi connectivity index (χ2n) is 6.23. The Hall–Kier alpha value is -3.47. The molecule has 1 heterocycles. The van der Waals surface area contributed by atoms with Crippen molar-refractivity contribution in [1.29, 1.82) is 0 Å². The summed E-state index contributed by atoms with van der Waals surface area (Å²) in [4.78, 5) is 16.7. The molecule has 0 spiro atoms. The van der Waals surface area contributed by atoms with Crippen molar-refractivity contribution >= 4 is 28.5 Å². The van der Waals surface area contributed by atoms with Gasteiger partial charge < -0.3 is 9.57 Å². The van der Waals surface area contributed by atoms with Crippen molar-refractivity contribution < 1.29 is 18.8 Å². The first kappa shape index (κ1) is 17.0. The van der Waals surface area contributed by atoms with Crippen LogP contribution in [-0.2, 0) is 16.2 Å². The number of ether oxygens (including phenoxy) is 1. The Kier molecular flexibility index (Phi) is 4.42. The van der Waals surface area contributed by atoms with Crippen molar-refractivity contribution in [3.05, 3.63) is 83.2 Å². The molecular weight excluding hydrogens is 345 g/mol. The molecule has 0 saturated carbocycles. The van der Waals surface area contributed by atoms with Crippen LogP contribution < -0.4 is 4.74 Å². The van der Waals surface area contributed by atoms with Crippen molar-refractivity contribution in [2.75, 3.05) is 0 Å². The molecule has 0 N–H and O–H groups in total. The minimum Gasteiger partial charge on any atom is -0.488 e. The molecule has 3 aromatic carbocycles. The van der Waals surface area contributed by atoms with E-state index < -0.39 is 5.97 Å². The highest BCUT2D eigenvalue weighted by Crippen LogP contribution is 2.32. The van der Waals surface area contributed by atoms with Gasteiger partial charge in [-0.2, -0.15) is 0 Å². The maximum Gasteiger partial charge on any atom is 0.367 e. The number of fused-ring (bicyclic) bond motifs is 1. The average Bonchev–Trinajstić information content (AvgIpc) is 3.00. The third-order valence-corrected chi connectivity index (χ3v) is 4.40. The SMILES string of the molecule is CC1=NOC(=O)/C1=C/c1c(OCc2ccc(F)cc2)ccc2ccccc12. The number of carbonyl (C=O) groups excluding carboxylic acids is 1. The Labute approximate surface area is 155 Å². The maximum atomic E-state index is 13.1. The summed E-state index contributed by atoms with van der Waals surface area (Å²) in [5.74, 6) is -0.146.